The number of rotatable bonds is 1. The van der Waals surface area contributed by atoms with Gasteiger partial charge in [-0.05, 0) is 5.18 Å². The zero-order valence-electron chi connectivity index (χ0n) is 3.33. The van der Waals surface area contributed by atoms with Crippen molar-refractivity contribution in [2.24, 2.45) is 5.18 Å². The molecule has 7 heavy (non-hydrogen) atoms. The van der Waals surface area contributed by atoms with Gasteiger partial charge in [-0.1, -0.05) is 5.21 Å². The molecule has 0 saturated heterocycles. The van der Waals surface area contributed by atoms with Gasteiger partial charge in [0.05, 0.1) is 6.20 Å². The van der Waals surface area contributed by atoms with Crippen molar-refractivity contribution in [2.75, 3.05) is 0 Å². The van der Waals surface area contributed by atoms with Crippen LogP contribution < -0.4 is 0 Å². The monoisotopic (exact) mass is 98.0 g/mol. The molecule has 0 aliphatic carbocycles. The van der Waals surface area contributed by atoms with Crippen LogP contribution in [0.15, 0.2) is 11.4 Å². The van der Waals surface area contributed by atoms with Crippen molar-refractivity contribution in [2.45, 2.75) is 0 Å². The number of nitrogens with one attached hydrogen (secondary N) is 1. The van der Waals surface area contributed by atoms with Crippen molar-refractivity contribution < 1.29 is 0 Å². The topological polar surface area (TPSA) is 71.0 Å². The summed E-state index contributed by atoms with van der Waals surface area (Å²) in [5.41, 5.74) is 0. The third-order valence-corrected chi connectivity index (χ3v) is 0.497. The summed E-state index contributed by atoms with van der Waals surface area (Å²) in [6.07, 6.45) is 1.31. The molecule has 0 aliphatic heterocycles. The third kappa shape index (κ3) is 0.594. The average Bonchev–Trinajstić information content (AvgIpc) is 2.14. The molecule has 0 aromatic carbocycles. The van der Waals surface area contributed by atoms with Crippen LogP contribution in [0.25, 0.3) is 0 Å². The summed E-state index contributed by atoms with van der Waals surface area (Å²) in [6.45, 7) is 0. The number of aromatic nitrogens is 3. The molecular weight excluding hydrogens is 96.0 g/mol. The molecule has 0 saturated carbocycles. The van der Waals surface area contributed by atoms with E-state index in [0.717, 1.165) is 0 Å². The van der Waals surface area contributed by atoms with Crippen LogP contribution in [0, 0.1) is 4.91 Å². The largest absolute Gasteiger partial charge is 0.263 e. The van der Waals surface area contributed by atoms with E-state index < -0.39 is 0 Å². The van der Waals surface area contributed by atoms with Gasteiger partial charge in [0, 0.05) is 0 Å². The first-order valence-electron chi connectivity index (χ1n) is 1.63. The van der Waals surface area contributed by atoms with Gasteiger partial charge in [0.1, 0.15) is 0 Å². The molecule has 36 valence electrons. The maximum Gasteiger partial charge on any atom is 0.237 e. The Morgan fingerprint density at radius 1 is 1.86 bits per heavy atom. The van der Waals surface area contributed by atoms with Crippen molar-refractivity contribution in [3.05, 3.63) is 11.1 Å². The fraction of sp³-hybridized carbons (Fsp3) is 0. The number of hydrogen-bond acceptors (Lipinski definition) is 4. The second kappa shape index (κ2) is 1.46. The van der Waals surface area contributed by atoms with Crippen molar-refractivity contribution >= 4 is 5.82 Å². The van der Waals surface area contributed by atoms with Crippen LogP contribution in [0.5, 0.6) is 0 Å². The summed E-state index contributed by atoms with van der Waals surface area (Å²) in [4.78, 5) is 9.50. The molecule has 0 aliphatic rings. The summed E-state index contributed by atoms with van der Waals surface area (Å²) in [7, 11) is 0. The molecule has 0 spiro atoms. The average molecular weight is 98.1 g/mol. The fourth-order valence-corrected chi connectivity index (χ4v) is 0.240. The van der Waals surface area contributed by atoms with Gasteiger partial charge in [-0.25, -0.2) is 0 Å². The summed E-state index contributed by atoms with van der Waals surface area (Å²) >= 11 is 0. The van der Waals surface area contributed by atoms with E-state index in [9.17, 15) is 4.91 Å². The molecule has 1 aromatic heterocycles. The first-order valence-corrected chi connectivity index (χ1v) is 1.63. The zero-order valence-corrected chi connectivity index (χ0v) is 3.33. The second-order valence-corrected chi connectivity index (χ2v) is 0.923. The van der Waals surface area contributed by atoms with Crippen molar-refractivity contribution in [1.82, 2.24) is 15.4 Å². The van der Waals surface area contributed by atoms with Crippen LogP contribution in [0.4, 0.5) is 5.82 Å². The van der Waals surface area contributed by atoms with Gasteiger partial charge in [-0.15, -0.1) is 10.0 Å². The van der Waals surface area contributed by atoms with E-state index in [1.54, 1.807) is 0 Å². The van der Waals surface area contributed by atoms with Crippen molar-refractivity contribution in [3.8, 4) is 0 Å². The van der Waals surface area contributed by atoms with Gasteiger partial charge in [0.2, 0.25) is 5.82 Å². The Bertz CT molecular complexity index is 145. The van der Waals surface area contributed by atoms with Gasteiger partial charge < -0.3 is 0 Å². The number of nitroso groups, excluding NO2 is 1. The SMILES string of the molecule is O=Nc1c[nH]nn1. The summed E-state index contributed by atoms with van der Waals surface area (Å²) < 4.78 is 0. The maximum absolute atomic E-state index is 9.50. The molecular formula is C2H2N4O. The normalized spacial score (nSPS) is 8.57. The maximum atomic E-state index is 9.50. The molecule has 0 amide bonds. The number of nitrogens with zero attached hydrogens (tertiary/aromatic N) is 3. The molecule has 1 heterocycles. The molecule has 5 heteroatoms. The van der Waals surface area contributed by atoms with E-state index >= 15 is 0 Å². The van der Waals surface area contributed by atoms with Gasteiger partial charge in [0.25, 0.3) is 0 Å². The first kappa shape index (κ1) is 3.91. The Morgan fingerprint density at radius 3 is 3.00 bits per heavy atom. The Morgan fingerprint density at radius 2 is 2.71 bits per heavy atom. The lowest BCUT2D eigenvalue weighted by Gasteiger charge is -1.60. The second-order valence-electron chi connectivity index (χ2n) is 0.923. The van der Waals surface area contributed by atoms with Gasteiger partial charge in [-0.2, -0.15) is 0 Å². The molecule has 0 atom stereocenters. The van der Waals surface area contributed by atoms with Crippen LogP contribution in [0.2, 0.25) is 0 Å². The molecule has 0 radical (unpaired) electrons. The van der Waals surface area contributed by atoms with Crippen LogP contribution in [-0.2, 0) is 0 Å². The van der Waals surface area contributed by atoms with E-state index in [-0.39, 0.29) is 5.82 Å². The predicted octanol–water partition coefficient (Wildman–Crippen LogP) is 0.203. The minimum absolute atomic E-state index is 0.0833. The minimum atomic E-state index is 0.0833. The summed E-state index contributed by atoms with van der Waals surface area (Å²) in [5, 5.41) is 11.3. The number of hydrogen-bond donors (Lipinski definition) is 1. The Hall–Kier alpha value is -1.26. The third-order valence-electron chi connectivity index (χ3n) is 0.497. The zero-order chi connectivity index (χ0) is 5.11. The highest BCUT2D eigenvalue weighted by Crippen LogP contribution is 1.97. The Labute approximate surface area is 38.7 Å². The predicted molar refractivity (Wildman–Crippen MR) is 21.8 cm³/mol. The van der Waals surface area contributed by atoms with Crippen LogP contribution >= 0.6 is 0 Å². The molecule has 1 N–H and O–H groups in total. The molecule has 0 bridgehead atoms. The highest BCUT2D eigenvalue weighted by molar-refractivity contribution is 5.17. The van der Waals surface area contributed by atoms with Gasteiger partial charge >= 0.3 is 0 Å². The van der Waals surface area contributed by atoms with Crippen molar-refractivity contribution in [1.29, 1.82) is 0 Å². The minimum Gasteiger partial charge on any atom is -0.263 e. The van der Waals surface area contributed by atoms with E-state index in [1.807, 2.05) is 0 Å². The molecule has 1 rings (SSSR count). The lowest BCUT2D eigenvalue weighted by Crippen LogP contribution is -1.63. The highest BCUT2D eigenvalue weighted by atomic mass is 16.3. The van der Waals surface area contributed by atoms with Gasteiger partial charge in [-0.3, -0.25) is 5.10 Å². The molecule has 0 fully saturated rings. The molecule has 0 unspecified atom stereocenters. The summed E-state index contributed by atoms with van der Waals surface area (Å²) in [6, 6.07) is 0. The Kier molecular flexibility index (Phi) is 0.816. The van der Waals surface area contributed by atoms with E-state index in [2.05, 4.69) is 20.6 Å². The van der Waals surface area contributed by atoms with E-state index in [1.165, 1.54) is 6.20 Å². The van der Waals surface area contributed by atoms with Gasteiger partial charge in [0.15, 0.2) is 0 Å². The van der Waals surface area contributed by atoms with Crippen LogP contribution in [0.3, 0.4) is 0 Å². The smallest absolute Gasteiger partial charge is 0.237 e. The number of H-pyrrole nitrogens is 1. The van der Waals surface area contributed by atoms with Crippen molar-refractivity contribution in [3.63, 3.8) is 0 Å². The summed E-state index contributed by atoms with van der Waals surface area (Å²) in [5.74, 6) is 0.0833. The number of aromatic amines is 1. The quantitative estimate of drug-likeness (QED) is 0.510. The molecule has 5 nitrogen and oxygen atoms in total. The Balaban J connectivity index is 2.96. The molecule has 1 aromatic rings. The van der Waals surface area contributed by atoms with Crippen LogP contribution in [-0.4, -0.2) is 15.4 Å². The lowest BCUT2D eigenvalue weighted by molar-refractivity contribution is 0.939. The van der Waals surface area contributed by atoms with E-state index in [4.69, 9.17) is 0 Å². The highest BCUT2D eigenvalue weighted by Gasteiger charge is 1.86. The van der Waals surface area contributed by atoms with Crippen LogP contribution in [0.1, 0.15) is 0 Å². The van der Waals surface area contributed by atoms with E-state index in [0.29, 0.717) is 0 Å². The standard InChI is InChI=1S/C2H2N4O/c7-5-2-1-3-6-4-2/h1H,(H,3,4,6). The lowest BCUT2D eigenvalue weighted by atomic mass is 10.8. The fourth-order valence-electron chi connectivity index (χ4n) is 0.240. The first-order chi connectivity index (χ1) is 3.43.